The Morgan fingerprint density at radius 3 is 2.62 bits per heavy atom. The van der Waals surface area contributed by atoms with Crippen LogP contribution >= 0.6 is 11.6 Å². The number of hydrogen-bond donors (Lipinski definition) is 1. The largest absolute Gasteiger partial charge is 0.496 e. The minimum absolute atomic E-state index is 0.110. The number of methoxy groups -OCH3 is 1. The molecule has 0 aliphatic rings. The molecule has 0 saturated heterocycles. The zero-order chi connectivity index (χ0) is 20.4. The molecule has 0 spiro atoms. The first-order valence-electron chi connectivity index (χ1n) is 8.49. The van der Waals surface area contributed by atoms with Gasteiger partial charge in [0.2, 0.25) is 0 Å². The first-order valence-corrected chi connectivity index (χ1v) is 10.4. The van der Waals surface area contributed by atoms with Crippen molar-refractivity contribution >= 4 is 38.2 Å². The highest BCUT2D eigenvalue weighted by Crippen LogP contribution is 2.36. The third kappa shape index (κ3) is 3.85. The molecule has 0 unspecified atom stereocenters. The third-order valence-corrected chi connectivity index (χ3v) is 5.87. The third-order valence-electron chi connectivity index (χ3n) is 4.28. The van der Waals surface area contributed by atoms with E-state index >= 15 is 0 Å². The standard InChI is InChI=1S/C20H15ClN4O3S/c1-28-18-5-2-14(21)11-17(18)20-16-4-3-15(10-13(16)6-9-23-20)29(26,27)25-19-7-8-22-12-24-19/h2-12H,1H3,(H,22,24,25). The van der Waals surface area contributed by atoms with Gasteiger partial charge >= 0.3 is 0 Å². The van der Waals surface area contributed by atoms with E-state index in [1.54, 1.807) is 49.7 Å². The van der Waals surface area contributed by atoms with Crippen LogP contribution in [0.4, 0.5) is 5.82 Å². The highest BCUT2D eigenvalue weighted by atomic mass is 35.5. The Morgan fingerprint density at radius 1 is 1.00 bits per heavy atom. The lowest BCUT2D eigenvalue weighted by atomic mass is 10.0. The van der Waals surface area contributed by atoms with Crippen LogP contribution < -0.4 is 9.46 Å². The smallest absolute Gasteiger partial charge is 0.263 e. The van der Waals surface area contributed by atoms with Gasteiger partial charge in [-0.25, -0.2) is 18.4 Å². The lowest BCUT2D eigenvalue weighted by molar-refractivity contribution is 0.416. The van der Waals surface area contributed by atoms with Crippen LogP contribution in [0.1, 0.15) is 0 Å². The van der Waals surface area contributed by atoms with Crippen LogP contribution in [0.3, 0.4) is 0 Å². The van der Waals surface area contributed by atoms with Crippen LogP contribution in [0.2, 0.25) is 5.02 Å². The molecule has 9 heteroatoms. The average Bonchev–Trinajstić information content (AvgIpc) is 2.73. The van der Waals surface area contributed by atoms with Crippen LogP contribution in [0.5, 0.6) is 5.75 Å². The Kier molecular flexibility index (Phi) is 5.04. The topological polar surface area (TPSA) is 94.1 Å². The molecule has 0 aliphatic heterocycles. The zero-order valence-electron chi connectivity index (χ0n) is 15.2. The van der Waals surface area contributed by atoms with E-state index in [9.17, 15) is 8.42 Å². The molecule has 4 rings (SSSR count). The fourth-order valence-electron chi connectivity index (χ4n) is 2.95. The van der Waals surface area contributed by atoms with Gasteiger partial charge in [-0.05, 0) is 47.9 Å². The molecule has 0 fully saturated rings. The summed E-state index contributed by atoms with van der Waals surface area (Å²) in [7, 11) is -2.24. The molecule has 29 heavy (non-hydrogen) atoms. The number of benzene rings is 2. The number of pyridine rings is 1. The van der Waals surface area contributed by atoms with Gasteiger partial charge in [-0.1, -0.05) is 17.7 Å². The summed E-state index contributed by atoms with van der Waals surface area (Å²) in [6, 6.07) is 13.3. The van der Waals surface area contributed by atoms with Crippen LogP contribution in [-0.4, -0.2) is 30.5 Å². The molecule has 7 nitrogen and oxygen atoms in total. The predicted molar refractivity (Wildman–Crippen MR) is 112 cm³/mol. The molecule has 2 heterocycles. The number of ether oxygens (including phenoxy) is 1. The molecule has 146 valence electrons. The Labute approximate surface area is 172 Å². The first kappa shape index (κ1) is 19.1. The number of halogens is 1. The molecule has 0 saturated carbocycles. The van der Waals surface area contributed by atoms with E-state index in [4.69, 9.17) is 16.3 Å². The number of anilines is 1. The molecule has 0 radical (unpaired) electrons. The number of hydrogen-bond acceptors (Lipinski definition) is 6. The lowest BCUT2D eigenvalue weighted by Crippen LogP contribution is -2.13. The number of nitrogens with zero attached hydrogens (tertiary/aromatic N) is 3. The number of aromatic nitrogens is 3. The van der Waals surface area contributed by atoms with Crippen LogP contribution in [-0.2, 0) is 10.0 Å². The number of rotatable bonds is 5. The van der Waals surface area contributed by atoms with Gasteiger partial charge in [-0.3, -0.25) is 9.71 Å². The van der Waals surface area contributed by atoms with Gasteiger partial charge in [0.05, 0.1) is 17.7 Å². The monoisotopic (exact) mass is 426 g/mol. The highest BCUT2D eigenvalue weighted by molar-refractivity contribution is 7.92. The Hall–Kier alpha value is -3.23. The highest BCUT2D eigenvalue weighted by Gasteiger charge is 2.17. The number of fused-ring (bicyclic) bond motifs is 1. The number of nitrogens with one attached hydrogen (secondary N) is 1. The Bertz CT molecular complexity index is 1300. The molecule has 4 aromatic rings. The quantitative estimate of drug-likeness (QED) is 0.515. The van der Waals surface area contributed by atoms with Gasteiger partial charge < -0.3 is 4.74 Å². The van der Waals surface area contributed by atoms with Crippen molar-refractivity contribution in [2.24, 2.45) is 0 Å². The van der Waals surface area contributed by atoms with Gasteiger partial charge in [0.25, 0.3) is 10.0 Å². The molecule has 2 aromatic heterocycles. The van der Waals surface area contributed by atoms with Crippen LogP contribution in [0.25, 0.3) is 22.0 Å². The van der Waals surface area contributed by atoms with Crippen molar-refractivity contribution < 1.29 is 13.2 Å². The molecule has 0 amide bonds. The molecule has 1 N–H and O–H groups in total. The molecule has 2 aromatic carbocycles. The molecule has 0 bridgehead atoms. The second-order valence-electron chi connectivity index (χ2n) is 6.09. The van der Waals surface area contributed by atoms with Gasteiger partial charge in [0.15, 0.2) is 0 Å². The number of sulfonamides is 1. The fourth-order valence-corrected chi connectivity index (χ4v) is 4.17. The van der Waals surface area contributed by atoms with E-state index in [-0.39, 0.29) is 10.7 Å². The second kappa shape index (κ2) is 7.65. The van der Waals surface area contributed by atoms with Gasteiger partial charge in [0, 0.05) is 28.4 Å². The summed E-state index contributed by atoms with van der Waals surface area (Å²) >= 11 is 6.16. The molecule has 0 aliphatic carbocycles. The molecule has 0 atom stereocenters. The van der Waals surface area contributed by atoms with Crippen molar-refractivity contribution in [1.29, 1.82) is 0 Å². The maximum atomic E-state index is 12.7. The summed E-state index contributed by atoms with van der Waals surface area (Å²) in [6.07, 6.45) is 4.35. The minimum Gasteiger partial charge on any atom is -0.496 e. The van der Waals surface area contributed by atoms with E-state index in [0.717, 1.165) is 10.9 Å². The van der Waals surface area contributed by atoms with Crippen molar-refractivity contribution in [2.75, 3.05) is 11.8 Å². The van der Waals surface area contributed by atoms with Crippen molar-refractivity contribution in [3.05, 3.63) is 72.3 Å². The van der Waals surface area contributed by atoms with E-state index in [0.29, 0.717) is 21.9 Å². The first-order chi connectivity index (χ1) is 14.0. The summed E-state index contributed by atoms with van der Waals surface area (Å²) in [5, 5.41) is 2.03. The van der Waals surface area contributed by atoms with Crippen LogP contribution in [0.15, 0.2) is 72.1 Å². The maximum Gasteiger partial charge on any atom is 0.263 e. The minimum atomic E-state index is -3.81. The maximum absolute atomic E-state index is 12.7. The lowest BCUT2D eigenvalue weighted by Gasteiger charge is -2.12. The van der Waals surface area contributed by atoms with Crippen molar-refractivity contribution in [2.45, 2.75) is 4.90 Å². The summed E-state index contributed by atoms with van der Waals surface area (Å²) in [5.41, 5.74) is 1.37. The molecular formula is C20H15ClN4O3S. The van der Waals surface area contributed by atoms with E-state index in [2.05, 4.69) is 19.7 Å². The zero-order valence-corrected chi connectivity index (χ0v) is 16.8. The summed E-state index contributed by atoms with van der Waals surface area (Å²) in [6.45, 7) is 0. The van der Waals surface area contributed by atoms with Gasteiger partial charge in [0.1, 0.15) is 17.9 Å². The van der Waals surface area contributed by atoms with Gasteiger partial charge in [-0.2, -0.15) is 0 Å². The summed E-state index contributed by atoms with van der Waals surface area (Å²) in [4.78, 5) is 12.2. The normalized spacial score (nSPS) is 11.4. The predicted octanol–water partition coefficient (Wildman–Crippen LogP) is 4.15. The van der Waals surface area contributed by atoms with Crippen LogP contribution in [0, 0.1) is 0 Å². The summed E-state index contributed by atoms with van der Waals surface area (Å²) < 4.78 is 33.3. The second-order valence-corrected chi connectivity index (χ2v) is 8.21. The SMILES string of the molecule is COc1ccc(Cl)cc1-c1nccc2cc(S(=O)(=O)Nc3ccncn3)ccc12. The van der Waals surface area contributed by atoms with Gasteiger partial charge in [-0.15, -0.1) is 0 Å². The summed E-state index contributed by atoms with van der Waals surface area (Å²) in [5.74, 6) is 0.815. The van der Waals surface area contributed by atoms with E-state index in [1.165, 1.54) is 24.7 Å². The van der Waals surface area contributed by atoms with Crippen molar-refractivity contribution in [3.8, 4) is 17.0 Å². The van der Waals surface area contributed by atoms with E-state index < -0.39 is 10.0 Å². The van der Waals surface area contributed by atoms with Crippen molar-refractivity contribution in [1.82, 2.24) is 15.0 Å². The van der Waals surface area contributed by atoms with E-state index in [1.807, 2.05) is 0 Å². The Balaban J connectivity index is 1.80. The molecular weight excluding hydrogens is 412 g/mol. The average molecular weight is 427 g/mol. The van der Waals surface area contributed by atoms with Crippen molar-refractivity contribution in [3.63, 3.8) is 0 Å². The fraction of sp³-hybridized carbons (Fsp3) is 0.0500. The Morgan fingerprint density at radius 2 is 1.86 bits per heavy atom.